The van der Waals surface area contributed by atoms with Gasteiger partial charge in [-0.3, -0.25) is 0 Å². The van der Waals surface area contributed by atoms with Crippen molar-refractivity contribution in [3.63, 3.8) is 0 Å². The van der Waals surface area contributed by atoms with Gasteiger partial charge in [0, 0.05) is 18.1 Å². The molecule has 0 radical (unpaired) electrons. The van der Waals surface area contributed by atoms with E-state index in [1.54, 1.807) is 0 Å². The number of aryl methyl sites for hydroxylation is 2. The van der Waals surface area contributed by atoms with Gasteiger partial charge in [-0.05, 0) is 37.0 Å². The molecule has 0 fully saturated rings. The summed E-state index contributed by atoms with van der Waals surface area (Å²) in [7, 11) is 2.08. The van der Waals surface area contributed by atoms with Crippen molar-refractivity contribution < 1.29 is 0 Å². The van der Waals surface area contributed by atoms with E-state index in [0.717, 1.165) is 5.65 Å². The highest BCUT2D eigenvalue weighted by Crippen LogP contribution is 2.31. The molecule has 1 aliphatic carbocycles. The fraction of sp³-hybridized carbons (Fsp3) is 0.364. The van der Waals surface area contributed by atoms with E-state index in [4.69, 9.17) is 5.73 Å². The molecule has 0 aromatic carbocycles. The second kappa shape index (κ2) is 2.50. The van der Waals surface area contributed by atoms with E-state index in [0.29, 0.717) is 5.82 Å². The molecule has 14 heavy (non-hydrogen) atoms. The Balaban J connectivity index is 2.45. The molecule has 3 nitrogen and oxygen atoms in total. The third-order valence-electron chi connectivity index (χ3n) is 3.13. The maximum atomic E-state index is 5.69. The predicted octanol–water partition coefficient (Wildman–Crippen LogP) is 1.64. The molecule has 2 aromatic heterocycles. The van der Waals surface area contributed by atoms with Crippen LogP contribution in [0.1, 0.15) is 17.7 Å². The highest BCUT2D eigenvalue weighted by atomic mass is 15.0. The monoisotopic (exact) mass is 187 g/mol. The van der Waals surface area contributed by atoms with Crippen LogP contribution in [0.3, 0.4) is 0 Å². The van der Waals surface area contributed by atoms with Crippen molar-refractivity contribution in [3.8, 4) is 0 Å². The summed E-state index contributed by atoms with van der Waals surface area (Å²) in [5.41, 5.74) is 9.65. The number of hydrogen-bond acceptors (Lipinski definition) is 2. The van der Waals surface area contributed by atoms with Crippen LogP contribution in [0.5, 0.6) is 0 Å². The zero-order valence-corrected chi connectivity index (χ0v) is 8.25. The minimum Gasteiger partial charge on any atom is -0.384 e. The van der Waals surface area contributed by atoms with Gasteiger partial charge in [0.05, 0.1) is 0 Å². The average molecular weight is 187 g/mol. The van der Waals surface area contributed by atoms with Crippen LogP contribution in [0, 0.1) is 0 Å². The number of aromatic nitrogens is 2. The number of fused-ring (bicyclic) bond motifs is 3. The average Bonchev–Trinajstić information content (AvgIpc) is 2.72. The zero-order chi connectivity index (χ0) is 9.71. The Morgan fingerprint density at radius 1 is 1.36 bits per heavy atom. The van der Waals surface area contributed by atoms with Gasteiger partial charge >= 0.3 is 0 Å². The largest absolute Gasteiger partial charge is 0.384 e. The van der Waals surface area contributed by atoms with Gasteiger partial charge in [0.2, 0.25) is 0 Å². The van der Waals surface area contributed by atoms with Crippen LogP contribution in [0.15, 0.2) is 12.1 Å². The minimum atomic E-state index is 0.608. The Bertz CT molecular complexity index is 511. The molecule has 0 saturated carbocycles. The summed E-state index contributed by atoms with van der Waals surface area (Å²) >= 11 is 0. The lowest BCUT2D eigenvalue weighted by molar-refractivity contribution is 0.824. The Labute approximate surface area is 82.5 Å². The molecule has 72 valence electrons. The third kappa shape index (κ3) is 0.842. The van der Waals surface area contributed by atoms with Crippen LogP contribution in [-0.4, -0.2) is 9.55 Å². The quantitative estimate of drug-likeness (QED) is 0.681. The van der Waals surface area contributed by atoms with Crippen molar-refractivity contribution in [1.29, 1.82) is 0 Å². The zero-order valence-electron chi connectivity index (χ0n) is 8.25. The van der Waals surface area contributed by atoms with Gasteiger partial charge in [-0.2, -0.15) is 0 Å². The molecular formula is C11H13N3. The Morgan fingerprint density at radius 2 is 2.21 bits per heavy atom. The first-order valence-corrected chi connectivity index (χ1v) is 5.00. The highest BCUT2D eigenvalue weighted by molar-refractivity contribution is 5.84. The highest BCUT2D eigenvalue weighted by Gasteiger charge is 2.20. The van der Waals surface area contributed by atoms with Gasteiger partial charge in [0.1, 0.15) is 11.5 Å². The number of nitrogen functional groups attached to an aromatic ring is 1. The third-order valence-corrected chi connectivity index (χ3v) is 3.13. The van der Waals surface area contributed by atoms with E-state index < -0.39 is 0 Å². The standard InChI is InChI=1S/C11H13N3/c1-14-9-4-2-3-7(9)8-5-6-10(12)13-11(8)14/h5-6H,2-4H2,1H3,(H2,12,13). The molecule has 0 bridgehead atoms. The van der Waals surface area contributed by atoms with Crippen molar-refractivity contribution in [2.24, 2.45) is 7.05 Å². The number of anilines is 1. The summed E-state index contributed by atoms with van der Waals surface area (Å²) in [5, 5.41) is 1.29. The van der Waals surface area contributed by atoms with E-state index in [1.807, 2.05) is 6.07 Å². The topological polar surface area (TPSA) is 43.8 Å². The normalized spacial score (nSPS) is 14.9. The molecule has 0 aliphatic heterocycles. The summed E-state index contributed by atoms with van der Waals surface area (Å²) < 4.78 is 2.19. The number of hydrogen-bond donors (Lipinski definition) is 1. The molecule has 2 heterocycles. The predicted molar refractivity (Wildman–Crippen MR) is 57.2 cm³/mol. The van der Waals surface area contributed by atoms with Crippen LogP contribution in [0.2, 0.25) is 0 Å². The molecule has 0 saturated heterocycles. The van der Waals surface area contributed by atoms with Crippen molar-refractivity contribution >= 4 is 16.9 Å². The number of rotatable bonds is 0. The molecule has 0 spiro atoms. The Hall–Kier alpha value is -1.51. The van der Waals surface area contributed by atoms with Crippen LogP contribution in [0.25, 0.3) is 11.0 Å². The van der Waals surface area contributed by atoms with Gasteiger partial charge < -0.3 is 10.3 Å². The summed E-state index contributed by atoms with van der Waals surface area (Å²) in [4.78, 5) is 4.38. The summed E-state index contributed by atoms with van der Waals surface area (Å²) in [6, 6.07) is 3.99. The SMILES string of the molecule is Cn1c2c(c3ccc(N)nc31)CCC2. The van der Waals surface area contributed by atoms with E-state index in [9.17, 15) is 0 Å². The smallest absolute Gasteiger partial charge is 0.142 e. The lowest BCUT2D eigenvalue weighted by Crippen LogP contribution is -1.97. The van der Waals surface area contributed by atoms with E-state index in [1.165, 1.54) is 35.9 Å². The molecule has 0 amide bonds. The van der Waals surface area contributed by atoms with E-state index in [2.05, 4.69) is 22.7 Å². The fourth-order valence-corrected chi connectivity index (χ4v) is 2.47. The molecule has 3 rings (SSSR count). The molecule has 2 aromatic rings. The molecule has 0 unspecified atom stereocenters. The molecule has 0 atom stereocenters. The van der Waals surface area contributed by atoms with E-state index in [-0.39, 0.29) is 0 Å². The van der Waals surface area contributed by atoms with Gasteiger partial charge in [0.15, 0.2) is 0 Å². The second-order valence-electron chi connectivity index (χ2n) is 3.95. The Morgan fingerprint density at radius 3 is 3.07 bits per heavy atom. The summed E-state index contributed by atoms with van der Waals surface area (Å²) in [6.45, 7) is 0. The molecule has 2 N–H and O–H groups in total. The lowest BCUT2D eigenvalue weighted by atomic mass is 10.2. The lowest BCUT2D eigenvalue weighted by Gasteiger charge is -2.00. The van der Waals surface area contributed by atoms with Crippen LogP contribution in [-0.2, 0) is 19.9 Å². The summed E-state index contributed by atoms with van der Waals surface area (Å²) in [6.07, 6.45) is 3.65. The minimum absolute atomic E-state index is 0.608. The molecule has 3 heteroatoms. The van der Waals surface area contributed by atoms with Crippen LogP contribution >= 0.6 is 0 Å². The Kier molecular flexibility index (Phi) is 1.40. The first kappa shape index (κ1) is 7.85. The van der Waals surface area contributed by atoms with Crippen molar-refractivity contribution in [1.82, 2.24) is 9.55 Å². The van der Waals surface area contributed by atoms with Gasteiger partial charge in [-0.25, -0.2) is 4.98 Å². The number of nitrogens with zero attached hydrogens (tertiary/aromatic N) is 2. The van der Waals surface area contributed by atoms with Gasteiger partial charge in [-0.1, -0.05) is 0 Å². The van der Waals surface area contributed by atoms with Crippen molar-refractivity contribution in [2.45, 2.75) is 19.3 Å². The van der Waals surface area contributed by atoms with Gasteiger partial charge in [0.25, 0.3) is 0 Å². The van der Waals surface area contributed by atoms with Crippen molar-refractivity contribution in [3.05, 3.63) is 23.4 Å². The maximum Gasteiger partial charge on any atom is 0.142 e. The van der Waals surface area contributed by atoms with Crippen LogP contribution in [0.4, 0.5) is 5.82 Å². The van der Waals surface area contributed by atoms with Crippen molar-refractivity contribution in [2.75, 3.05) is 5.73 Å². The first-order valence-electron chi connectivity index (χ1n) is 5.00. The maximum absolute atomic E-state index is 5.69. The first-order chi connectivity index (χ1) is 6.77. The second-order valence-corrected chi connectivity index (χ2v) is 3.95. The van der Waals surface area contributed by atoms with Crippen LogP contribution < -0.4 is 5.73 Å². The fourth-order valence-electron chi connectivity index (χ4n) is 2.47. The molecule has 1 aliphatic rings. The molecular weight excluding hydrogens is 174 g/mol. The summed E-state index contributed by atoms with van der Waals surface area (Å²) in [5.74, 6) is 0.608. The van der Waals surface area contributed by atoms with E-state index >= 15 is 0 Å². The van der Waals surface area contributed by atoms with Gasteiger partial charge in [-0.15, -0.1) is 0 Å². The number of nitrogens with two attached hydrogens (primary N) is 1. The number of pyridine rings is 1.